The van der Waals surface area contributed by atoms with Crippen LogP contribution in [0.5, 0.6) is 0 Å². The molecule has 2 saturated carbocycles. The van der Waals surface area contributed by atoms with Crippen molar-refractivity contribution in [3.05, 3.63) is 29.8 Å². The fraction of sp³-hybridized carbons (Fsp3) is 0.625. The highest BCUT2D eigenvalue weighted by Crippen LogP contribution is 2.31. The van der Waals surface area contributed by atoms with E-state index in [2.05, 4.69) is 41.3 Å². The van der Waals surface area contributed by atoms with Crippen LogP contribution in [0, 0.1) is 5.92 Å². The van der Waals surface area contributed by atoms with Gasteiger partial charge in [0, 0.05) is 23.2 Å². The van der Waals surface area contributed by atoms with E-state index in [0.717, 1.165) is 18.5 Å². The van der Waals surface area contributed by atoms with Crippen LogP contribution in [0.15, 0.2) is 29.2 Å². The molecule has 1 aromatic rings. The molecule has 0 heterocycles. The molecule has 0 saturated heterocycles. The van der Waals surface area contributed by atoms with E-state index in [0.29, 0.717) is 0 Å². The molecule has 0 unspecified atom stereocenters. The van der Waals surface area contributed by atoms with Crippen molar-refractivity contribution in [3.8, 4) is 0 Å². The molecule has 2 aliphatic rings. The average Bonchev–Trinajstić information content (AvgIpc) is 3.09. The Morgan fingerprint density at radius 2 is 1.94 bits per heavy atom. The van der Waals surface area contributed by atoms with Crippen LogP contribution in [-0.4, -0.2) is 11.8 Å². The summed E-state index contributed by atoms with van der Waals surface area (Å²) in [4.78, 5) is 1.46. The van der Waals surface area contributed by atoms with E-state index in [1.165, 1.54) is 54.7 Å². The molecule has 0 amide bonds. The summed E-state index contributed by atoms with van der Waals surface area (Å²) in [5, 5.41) is 3.59. The molecule has 0 bridgehead atoms. The van der Waals surface area contributed by atoms with Crippen molar-refractivity contribution in [2.75, 3.05) is 5.75 Å². The molecular formula is C16H23NS. The van der Waals surface area contributed by atoms with Gasteiger partial charge in [0.1, 0.15) is 0 Å². The quantitative estimate of drug-likeness (QED) is 0.769. The summed E-state index contributed by atoms with van der Waals surface area (Å²) in [5.74, 6) is 2.29. The third-order valence-corrected chi connectivity index (χ3v) is 5.26. The van der Waals surface area contributed by atoms with Gasteiger partial charge in [0.15, 0.2) is 0 Å². The average molecular weight is 261 g/mol. The SMILES string of the molecule is c1cc(CNC2CC2)cc(SCC2CCCC2)c1. The molecule has 3 rings (SSSR count). The third kappa shape index (κ3) is 3.76. The smallest absolute Gasteiger partial charge is 0.0208 e. The van der Waals surface area contributed by atoms with Crippen molar-refractivity contribution in [1.29, 1.82) is 0 Å². The maximum atomic E-state index is 3.59. The number of benzene rings is 1. The van der Waals surface area contributed by atoms with Gasteiger partial charge in [0.25, 0.3) is 0 Å². The molecule has 2 heteroatoms. The first-order chi connectivity index (χ1) is 8.90. The lowest BCUT2D eigenvalue weighted by Gasteiger charge is -2.09. The van der Waals surface area contributed by atoms with E-state index in [1.54, 1.807) is 0 Å². The molecule has 1 aromatic carbocycles. The molecule has 2 aliphatic carbocycles. The molecular weight excluding hydrogens is 238 g/mol. The van der Waals surface area contributed by atoms with Crippen molar-refractivity contribution in [2.24, 2.45) is 5.92 Å². The number of rotatable bonds is 6. The zero-order chi connectivity index (χ0) is 12.2. The third-order valence-electron chi connectivity index (χ3n) is 4.03. The van der Waals surface area contributed by atoms with Gasteiger partial charge in [-0.2, -0.15) is 0 Å². The summed E-state index contributed by atoms with van der Waals surface area (Å²) in [5.41, 5.74) is 1.44. The lowest BCUT2D eigenvalue weighted by atomic mass is 10.1. The molecule has 0 aromatic heterocycles. The molecule has 1 nitrogen and oxygen atoms in total. The first-order valence-electron chi connectivity index (χ1n) is 7.35. The fourth-order valence-electron chi connectivity index (χ4n) is 2.69. The van der Waals surface area contributed by atoms with E-state index in [4.69, 9.17) is 0 Å². The zero-order valence-corrected chi connectivity index (χ0v) is 11.8. The van der Waals surface area contributed by atoms with Crippen LogP contribution in [0.4, 0.5) is 0 Å². The second-order valence-corrected chi connectivity index (χ2v) is 6.86. The Morgan fingerprint density at radius 1 is 1.11 bits per heavy atom. The van der Waals surface area contributed by atoms with Crippen molar-refractivity contribution < 1.29 is 0 Å². The van der Waals surface area contributed by atoms with Gasteiger partial charge in [-0.05, 0) is 49.3 Å². The fourth-order valence-corrected chi connectivity index (χ4v) is 3.86. The second kappa shape index (κ2) is 6.12. The van der Waals surface area contributed by atoms with Crippen LogP contribution in [0.2, 0.25) is 0 Å². The normalized spacial score (nSPS) is 20.4. The van der Waals surface area contributed by atoms with Crippen molar-refractivity contribution >= 4 is 11.8 Å². The summed E-state index contributed by atoms with van der Waals surface area (Å²) < 4.78 is 0. The van der Waals surface area contributed by atoms with Crippen molar-refractivity contribution in [1.82, 2.24) is 5.32 Å². The van der Waals surface area contributed by atoms with E-state index < -0.39 is 0 Å². The van der Waals surface area contributed by atoms with Gasteiger partial charge in [-0.15, -0.1) is 11.8 Å². The zero-order valence-electron chi connectivity index (χ0n) is 11.0. The van der Waals surface area contributed by atoms with Gasteiger partial charge in [0.05, 0.1) is 0 Å². The molecule has 18 heavy (non-hydrogen) atoms. The van der Waals surface area contributed by atoms with Crippen LogP contribution in [0.1, 0.15) is 44.1 Å². The van der Waals surface area contributed by atoms with Crippen molar-refractivity contribution in [3.63, 3.8) is 0 Å². The molecule has 98 valence electrons. The van der Waals surface area contributed by atoms with Crippen LogP contribution in [0.3, 0.4) is 0 Å². The van der Waals surface area contributed by atoms with Gasteiger partial charge in [-0.25, -0.2) is 0 Å². The number of hydrogen-bond acceptors (Lipinski definition) is 2. The number of nitrogens with one attached hydrogen (secondary N) is 1. The van der Waals surface area contributed by atoms with Gasteiger partial charge in [0.2, 0.25) is 0 Å². The first kappa shape index (κ1) is 12.6. The van der Waals surface area contributed by atoms with E-state index >= 15 is 0 Å². The van der Waals surface area contributed by atoms with Crippen LogP contribution in [-0.2, 0) is 6.54 Å². The minimum absolute atomic E-state index is 0.805. The molecule has 0 atom stereocenters. The lowest BCUT2D eigenvalue weighted by Crippen LogP contribution is -2.15. The Labute approximate surface area is 115 Å². The van der Waals surface area contributed by atoms with E-state index in [-0.39, 0.29) is 0 Å². The Kier molecular flexibility index (Phi) is 4.27. The van der Waals surface area contributed by atoms with Gasteiger partial charge < -0.3 is 5.32 Å². The van der Waals surface area contributed by atoms with Crippen molar-refractivity contribution in [2.45, 2.75) is 56.0 Å². The molecule has 0 aliphatic heterocycles. The van der Waals surface area contributed by atoms with Crippen LogP contribution in [0.25, 0.3) is 0 Å². The highest BCUT2D eigenvalue weighted by atomic mass is 32.2. The minimum Gasteiger partial charge on any atom is -0.310 e. The Hall–Kier alpha value is -0.470. The summed E-state index contributed by atoms with van der Waals surface area (Å²) in [7, 11) is 0. The summed E-state index contributed by atoms with van der Waals surface area (Å²) >= 11 is 2.05. The largest absolute Gasteiger partial charge is 0.310 e. The van der Waals surface area contributed by atoms with Gasteiger partial charge in [-0.3, -0.25) is 0 Å². The predicted octanol–water partition coefficient (Wildman–Crippen LogP) is 4.22. The molecule has 0 spiro atoms. The standard InChI is InChI=1S/C16H23NS/c1-2-5-13(4-1)12-18-16-7-3-6-14(10-16)11-17-15-8-9-15/h3,6-7,10,13,15,17H,1-2,4-5,8-9,11-12H2. The number of thioether (sulfide) groups is 1. The lowest BCUT2D eigenvalue weighted by molar-refractivity contribution is 0.623. The van der Waals surface area contributed by atoms with E-state index in [9.17, 15) is 0 Å². The van der Waals surface area contributed by atoms with Gasteiger partial charge >= 0.3 is 0 Å². The van der Waals surface area contributed by atoms with Crippen LogP contribution >= 0.6 is 11.8 Å². The molecule has 2 fully saturated rings. The molecule has 0 radical (unpaired) electrons. The second-order valence-electron chi connectivity index (χ2n) is 5.76. The first-order valence-corrected chi connectivity index (χ1v) is 8.34. The summed E-state index contributed by atoms with van der Waals surface area (Å²) in [6.07, 6.45) is 8.56. The Morgan fingerprint density at radius 3 is 2.72 bits per heavy atom. The Bertz CT molecular complexity index is 380. The predicted molar refractivity (Wildman–Crippen MR) is 79.0 cm³/mol. The summed E-state index contributed by atoms with van der Waals surface area (Å²) in [6, 6.07) is 9.89. The van der Waals surface area contributed by atoms with Gasteiger partial charge in [-0.1, -0.05) is 25.0 Å². The van der Waals surface area contributed by atoms with Crippen LogP contribution < -0.4 is 5.32 Å². The maximum Gasteiger partial charge on any atom is 0.0208 e. The minimum atomic E-state index is 0.805. The topological polar surface area (TPSA) is 12.0 Å². The highest BCUT2D eigenvalue weighted by molar-refractivity contribution is 7.99. The monoisotopic (exact) mass is 261 g/mol. The highest BCUT2D eigenvalue weighted by Gasteiger charge is 2.20. The maximum absolute atomic E-state index is 3.59. The number of hydrogen-bond donors (Lipinski definition) is 1. The molecule has 1 N–H and O–H groups in total. The Balaban J connectivity index is 1.49. The summed E-state index contributed by atoms with van der Waals surface area (Å²) in [6.45, 7) is 1.04. The van der Waals surface area contributed by atoms with E-state index in [1.807, 2.05) is 0 Å².